The number of rotatable bonds is 12. The van der Waals surface area contributed by atoms with Gasteiger partial charge in [-0.2, -0.15) is 0 Å². The van der Waals surface area contributed by atoms with E-state index in [2.05, 4.69) is 5.32 Å². The molecular formula is C28H38N2O8S. The number of aliphatic hydroxyl groups excluding tert-OH is 4. The van der Waals surface area contributed by atoms with Crippen molar-refractivity contribution in [2.24, 2.45) is 5.73 Å². The van der Waals surface area contributed by atoms with Crippen LogP contribution < -0.4 is 15.8 Å². The second-order valence-corrected chi connectivity index (χ2v) is 10.9. The first-order valence-corrected chi connectivity index (χ1v) is 14.0. The van der Waals surface area contributed by atoms with Crippen molar-refractivity contribution in [3.05, 3.63) is 64.7 Å². The first-order chi connectivity index (χ1) is 18.5. The number of hydrogen-bond donors (Lipinski definition) is 6. The molecule has 0 spiro atoms. The number of nitrogens with two attached hydrogens (primary N) is 1. The van der Waals surface area contributed by atoms with Gasteiger partial charge in [0, 0.05) is 6.42 Å². The number of hydrogen-bond acceptors (Lipinski definition) is 9. The van der Waals surface area contributed by atoms with Gasteiger partial charge in [-0.3, -0.25) is 9.59 Å². The molecule has 0 aromatic heterocycles. The van der Waals surface area contributed by atoms with Crippen molar-refractivity contribution in [3.63, 3.8) is 0 Å². The van der Waals surface area contributed by atoms with Crippen LogP contribution >= 0.6 is 11.8 Å². The van der Waals surface area contributed by atoms with Crippen molar-refractivity contribution in [3.8, 4) is 5.75 Å². The Morgan fingerprint density at radius 1 is 1.10 bits per heavy atom. The number of aryl methyl sites for hydroxylation is 1. The first kappa shape index (κ1) is 30.9. The molecule has 0 unspecified atom stereocenters. The highest BCUT2D eigenvalue weighted by Gasteiger charge is 2.44. The Bertz CT molecular complexity index is 1130. The Morgan fingerprint density at radius 3 is 2.41 bits per heavy atom. The highest BCUT2D eigenvalue weighted by atomic mass is 32.2. The van der Waals surface area contributed by atoms with E-state index in [0.717, 1.165) is 22.3 Å². The Labute approximate surface area is 232 Å². The summed E-state index contributed by atoms with van der Waals surface area (Å²) < 4.78 is 11.6. The molecule has 1 fully saturated rings. The molecule has 1 aliphatic rings. The van der Waals surface area contributed by atoms with Gasteiger partial charge >= 0.3 is 0 Å². The summed E-state index contributed by atoms with van der Waals surface area (Å²) in [6, 6.07) is 13.4. The average Bonchev–Trinajstić information content (AvgIpc) is 2.92. The quantitative estimate of drug-likeness (QED) is 0.206. The summed E-state index contributed by atoms with van der Waals surface area (Å²) in [5.41, 5.74) is 6.97. The van der Waals surface area contributed by atoms with Gasteiger partial charge in [-0.15, -0.1) is 11.8 Å². The molecule has 3 rings (SSSR count). The second kappa shape index (κ2) is 13.6. The smallest absolute Gasteiger partial charge is 0.245 e. The van der Waals surface area contributed by atoms with Gasteiger partial charge in [0.05, 0.1) is 13.2 Å². The van der Waals surface area contributed by atoms with Crippen LogP contribution in [0.1, 0.15) is 48.1 Å². The number of aliphatic hydroxyl groups is 4. The number of benzene rings is 2. The maximum Gasteiger partial charge on any atom is 0.245 e. The lowest BCUT2D eigenvalue weighted by molar-refractivity contribution is -0.200. The van der Waals surface area contributed by atoms with Crippen molar-refractivity contribution in [2.45, 2.75) is 68.5 Å². The van der Waals surface area contributed by atoms with Gasteiger partial charge in [0.2, 0.25) is 11.8 Å². The Hall–Kier alpha value is -2.67. The van der Waals surface area contributed by atoms with Gasteiger partial charge in [0.15, 0.2) is 0 Å². The molecule has 1 saturated heterocycles. The average molecular weight is 563 g/mol. The van der Waals surface area contributed by atoms with Crippen LogP contribution in [-0.4, -0.2) is 81.0 Å². The van der Waals surface area contributed by atoms with Crippen LogP contribution in [0.5, 0.6) is 5.75 Å². The summed E-state index contributed by atoms with van der Waals surface area (Å²) in [7, 11) is 0. The number of ether oxygens (including phenoxy) is 2. The molecule has 7 N–H and O–H groups in total. The summed E-state index contributed by atoms with van der Waals surface area (Å²) in [6.07, 6.45) is -1.54. The number of nitrogens with one attached hydrogen (secondary N) is 1. The molecule has 10 nitrogen and oxygen atoms in total. The molecule has 0 aliphatic carbocycles. The molecule has 214 valence electrons. The van der Waals surface area contributed by atoms with Gasteiger partial charge in [-0.25, -0.2) is 0 Å². The molecule has 0 bridgehead atoms. The minimum Gasteiger partial charge on any atom is -0.494 e. The lowest BCUT2D eigenvalue weighted by Gasteiger charge is -2.40. The minimum absolute atomic E-state index is 0.115. The Balaban J connectivity index is 1.56. The van der Waals surface area contributed by atoms with Crippen LogP contribution in [0.15, 0.2) is 42.5 Å². The van der Waals surface area contributed by atoms with Crippen molar-refractivity contribution < 1.29 is 39.5 Å². The fourth-order valence-electron chi connectivity index (χ4n) is 4.27. The number of thioether (sulfide) groups is 1. The fourth-order valence-corrected chi connectivity index (χ4v) is 4.94. The van der Waals surface area contributed by atoms with E-state index in [-0.39, 0.29) is 6.42 Å². The summed E-state index contributed by atoms with van der Waals surface area (Å²) in [5, 5.41) is 42.7. The zero-order chi connectivity index (χ0) is 28.7. The van der Waals surface area contributed by atoms with Crippen LogP contribution in [0.2, 0.25) is 0 Å². The molecule has 6 atom stereocenters. The third kappa shape index (κ3) is 7.71. The highest BCUT2D eigenvalue weighted by molar-refractivity contribution is 7.99. The summed E-state index contributed by atoms with van der Waals surface area (Å²) in [6.45, 7) is 3.08. The lowest BCUT2D eigenvalue weighted by Crippen LogP contribution is -2.57. The van der Waals surface area contributed by atoms with Gasteiger partial charge < -0.3 is 41.0 Å². The SMILES string of the molecule is CS[C@H]1O[C@@H](c2ccc(C)c(Cc3ccc(OCCCC(=O)N[C@@](C)(CO)C(N)=O)cc3)c2)[C@H](O)[C@@H](O)[C@@H]1O. The Kier molecular flexibility index (Phi) is 10.8. The van der Waals surface area contributed by atoms with Crippen LogP contribution in [0.25, 0.3) is 0 Å². The maximum absolute atomic E-state index is 12.1. The van der Waals surface area contributed by atoms with E-state index in [1.807, 2.05) is 49.4 Å². The van der Waals surface area contributed by atoms with E-state index >= 15 is 0 Å². The van der Waals surface area contributed by atoms with Gasteiger partial charge in [-0.1, -0.05) is 30.3 Å². The first-order valence-electron chi connectivity index (χ1n) is 12.7. The molecule has 0 saturated carbocycles. The van der Waals surface area contributed by atoms with Crippen molar-refractivity contribution in [1.82, 2.24) is 5.32 Å². The van der Waals surface area contributed by atoms with Crippen LogP contribution in [0, 0.1) is 6.92 Å². The van der Waals surface area contributed by atoms with Crippen molar-refractivity contribution >= 4 is 23.6 Å². The van der Waals surface area contributed by atoms with E-state index < -0.39 is 53.8 Å². The van der Waals surface area contributed by atoms with Gasteiger partial charge in [0.1, 0.15) is 41.1 Å². The molecule has 1 heterocycles. The molecule has 0 radical (unpaired) electrons. The highest BCUT2D eigenvalue weighted by Crippen LogP contribution is 2.36. The maximum atomic E-state index is 12.1. The van der Waals surface area contributed by atoms with E-state index in [0.29, 0.717) is 25.2 Å². The standard InChI is InChI=1S/C28H38N2O8S/c1-16-6-9-18(25-23(34)22(33)24(35)26(38-25)39-3)14-19(16)13-17-7-10-20(11-8-17)37-12-4-5-21(32)30-28(2,15-31)27(29)36/h6-11,14,22-26,31,33-35H,4-5,12-13,15H2,1-3H3,(H2,29,36)(H,30,32)/t22-,23-,24+,25+,26-,28+/m1/s1. The van der Waals surface area contributed by atoms with E-state index in [1.165, 1.54) is 18.7 Å². The van der Waals surface area contributed by atoms with E-state index in [9.17, 15) is 30.0 Å². The molecule has 1 aliphatic heterocycles. The largest absolute Gasteiger partial charge is 0.494 e. The fraction of sp³-hybridized carbons (Fsp3) is 0.500. The lowest BCUT2D eigenvalue weighted by atomic mass is 9.91. The zero-order valence-corrected chi connectivity index (χ0v) is 23.2. The predicted octanol–water partition coefficient (Wildman–Crippen LogP) is 0.940. The number of carbonyl (C=O) groups is 2. The number of carbonyl (C=O) groups excluding carboxylic acids is 2. The number of amides is 2. The monoisotopic (exact) mass is 562 g/mol. The van der Waals surface area contributed by atoms with Crippen molar-refractivity contribution in [2.75, 3.05) is 19.5 Å². The molecule has 2 aromatic rings. The van der Waals surface area contributed by atoms with E-state index in [1.54, 1.807) is 6.26 Å². The molecular weight excluding hydrogens is 524 g/mol. The third-order valence-electron chi connectivity index (χ3n) is 6.91. The minimum atomic E-state index is -1.49. The summed E-state index contributed by atoms with van der Waals surface area (Å²) in [4.78, 5) is 23.5. The second-order valence-electron chi connectivity index (χ2n) is 9.99. The van der Waals surface area contributed by atoms with Gasteiger partial charge in [-0.05, 0) is 67.3 Å². The third-order valence-corrected chi connectivity index (χ3v) is 7.77. The van der Waals surface area contributed by atoms with Crippen LogP contribution in [0.3, 0.4) is 0 Å². The van der Waals surface area contributed by atoms with Crippen molar-refractivity contribution in [1.29, 1.82) is 0 Å². The van der Waals surface area contributed by atoms with E-state index in [4.69, 9.17) is 15.2 Å². The van der Waals surface area contributed by atoms with Crippen LogP contribution in [-0.2, 0) is 20.7 Å². The summed E-state index contributed by atoms with van der Waals surface area (Å²) in [5.74, 6) is -0.557. The van der Waals surface area contributed by atoms with Gasteiger partial charge in [0.25, 0.3) is 0 Å². The zero-order valence-electron chi connectivity index (χ0n) is 22.4. The predicted molar refractivity (Wildman–Crippen MR) is 147 cm³/mol. The molecule has 11 heteroatoms. The summed E-state index contributed by atoms with van der Waals surface area (Å²) >= 11 is 1.28. The molecule has 2 aromatic carbocycles. The molecule has 39 heavy (non-hydrogen) atoms. The molecule has 2 amide bonds. The van der Waals surface area contributed by atoms with Crippen LogP contribution in [0.4, 0.5) is 0 Å². The normalized spacial score (nSPS) is 24.5. The topological polar surface area (TPSA) is 172 Å². The number of primary amides is 1. The Morgan fingerprint density at radius 2 is 1.79 bits per heavy atom.